The molecule has 1 aromatic heterocycles. The van der Waals surface area contributed by atoms with Crippen LogP contribution in [0.4, 0.5) is 17.1 Å². The third-order valence-electron chi connectivity index (χ3n) is 9.03. The lowest BCUT2D eigenvalue weighted by atomic mass is 9.85. The molecule has 0 aliphatic rings. The number of fused-ring (bicyclic) bond motifs is 6. The van der Waals surface area contributed by atoms with E-state index in [1.54, 1.807) is 0 Å². The minimum absolute atomic E-state index is 1.13. The number of benzene rings is 8. The van der Waals surface area contributed by atoms with Gasteiger partial charge in [0.1, 0.15) is 0 Å². The topological polar surface area (TPSA) is 3.24 Å². The average molecular weight is 604 g/mol. The van der Waals surface area contributed by atoms with Crippen LogP contribution in [0.2, 0.25) is 0 Å². The summed E-state index contributed by atoms with van der Waals surface area (Å²) < 4.78 is 2.60. The molecule has 0 radical (unpaired) electrons. The highest BCUT2D eigenvalue weighted by Gasteiger charge is 2.21. The zero-order chi connectivity index (χ0) is 30.5. The quantitative estimate of drug-likeness (QED) is 0.177. The highest BCUT2D eigenvalue weighted by Crippen LogP contribution is 2.48. The van der Waals surface area contributed by atoms with Gasteiger partial charge >= 0.3 is 0 Å². The summed E-state index contributed by atoms with van der Waals surface area (Å²) in [6.07, 6.45) is 0. The lowest BCUT2D eigenvalue weighted by Crippen LogP contribution is -2.10. The zero-order valence-corrected chi connectivity index (χ0v) is 25.9. The van der Waals surface area contributed by atoms with Crippen molar-refractivity contribution in [2.24, 2.45) is 0 Å². The first-order chi connectivity index (χ1) is 22.8. The van der Waals surface area contributed by atoms with E-state index in [9.17, 15) is 0 Å². The Kier molecular flexibility index (Phi) is 6.40. The first-order valence-corrected chi connectivity index (χ1v) is 16.5. The predicted octanol–water partition coefficient (Wildman–Crippen LogP) is 13.2. The van der Waals surface area contributed by atoms with Crippen LogP contribution in [-0.2, 0) is 0 Å². The van der Waals surface area contributed by atoms with Gasteiger partial charge in [0.2, 0.25) is 0 Å². The van der Waals surface area contributed by atoms with Crippen LogP contribution in [0.5, 0.6) is 0 Å². The normalized spacial score (nSPS) is 11.5. The summed E-state index contributed by atoms with van der Waals surface area (Å²) in [5.74, 6) is 0. The molecular formula is C44H29NS. The first-order valence-electron chi connectivity index (χ1n) is 15.7. The van der Waals surface area contributed by atoms with Gasteiger partial charge in [-0.3, -0.25) is 0 Å². The fourth-order valence-electron chi connectivity index (χ4n) is 7.04. The molecule has 0 atom stereocenters. The van der Waals surface area contributed by atoms with Crippen LogP contribution in [0.3, 0.4) is 0 Å². The smallest absolute Gasteiger partial charge is 0.0640 e. The van der Waals surface area contributed by atoms with Gasteiger partial charge in [-0.25, -0.2) is 0 Å². The molecule has 216 valence electrons. The standard InChI is InChI=1S/C44H29NS/c1-4-15-30(16-5-1)42-37-23-11-10-21-34(37)35-28-27-33(29-39(35)43(42)31-17-6-2-7-18-31)45(32-19-8-3-9-20-32)40-25-14-24-38-36-22-12-13-26-41(36)46-44(38)40/h1-29H. The van der Waals surface area contributed by atoms with Crippen molar-refractivity contribution in [2.45, 2.75) is 0 Å². The second kappa shape index (κ2) is 11.0. The van der Waals surface area contributed by atoms with Crippen molar-refractivity contribution in [2.75, 3.05) is 4.90 Å². The Morgan fingerprint density at radius 1 is 0.348 bits per heavy atom. The summed E-state index contributed by atoms with van der Waals surface area (Å²) in [7, 11) is 0. The summed E-state index contributed by atoms with van der Waals surface area (Å²) in [4.78, 5) is 2.43. The highest BCUT2D eigenvalue weighted by atomic mass is 32.1. The Morgan fingerprint density at radius 3 is 1.61 bits per heavy atom. The van der Waals surface area contributed by atoms with Gasteiger partial charge in [-0.15, -0.1) is 11.3 Å². The van der Waals surface area contributed by atoms with E-state index in [0.717, 1.165) is 11.4 Å². The van der Waals surface area contributed by atoms with Gasteiger partial charge in [-0.05, 0) is 80.2 Å². The third kappa shape index (κ3) is 4.30. The second-order valence-electron chi connectivity index (χ2n) is 11.7. The van der Waals surface area contributed by atoms with E-state index in [1.807, 2.05) is 11.3 Å². The van der Waals surface area contributed by atoms with Crippen LogP contribution in [0.1, 0.15) is 0 Å². The van der Waals surface area contributed by atoms with Crippen molar-refractivity contribution in [3.63, 3.8) is 0 Å². The molecule has 0 unspecified atom stereocenters. The monoisotopic (exact) mass is 603 g/mol. The number of anilines is 3. The van der Waals surface area contributed by atoms with E-state index in [4.69, 9.17) is 0 Å². The molecule has 0 saturated heterocycles. The van der Waals surface area contributed by atoms with Crippen LogP contribution in [0.25, 0.3) is 64.0 Å². The molecule has 1 heterocycles. The van der Waals surface area contributed by atoms with Gasteiger partial charge < -0.3 is 4.90 Å². The molecule has 9 aromatic rings. The van der Waals surface area contributed by atoms with E-state index in [0.29, 0.717) is 0 Å². The maximum absolute atomic E-state index is 2.43. The number of hydrogen-bond donors (Lipinski definition) is 0. The van der Waals surface area contributed by atoms with Crippen molar-refractivity contribution in [1.82, 2.24) is 0 Å². The molecule has 0 amide bonds. The molecule has 2 heteroatoms. The third-order valence-corrected chi connectivity index (χ3v) is 10.2. The van der Waals surface area contributed by atoms with Gasteiger partial charge in [-0.1, -0.05) is 140 Å². The Balaban J connectivity index is 1.40. The Labute approximate surface area is 272 Å². The minimum Gasteiger partial charge on any atom is -0.309 e. The van der Waals surface area contributed by atoms with Gasteiger partial charge in [0.05, 0.1) is 10.4 Å². The van der Waals surface area contributed by atoms with Crippen molar-refractivity contribution in [3.05, 3.63) is 176 Å². The second-order valence-corrected chi connectivity index (χ2v) is 12.7. The predicted molar refractivity (Wildman–Crippen MR) is 200 cm³/mol. The van der Waals surface area contributed by atoms with Crippen molar-refractivity contribution < 1.29 is 0 Å². The number of thiophene rings is 1. The van der Waals surface area contributed by atoms with Crippen LogP contribution < -0.4 is 4.90 Å². The van der Waals surface area contributed by atoms with E-state index in [2.05, 4.69) is 181 Å². The summed E-state index contributed by atoms with van der Waals surface area (Å²) >= 11 is 1.87. The minimum atomic E-state index is 1.13. The summed E-state index contributed by atoms with van der Waals surface area (Å²) in [6, 6.07) is 63.9. The number of para-hydroxylation sites is 1. The molecule has 0 fully saturated rings. The largest absolute Gasteiger partial charge is 0.309 e. The highest BCUT2D eigenvalue weighted by molar-refractivity contribution is 7.26. The van der Waals surface area contributed by atoms with E-state index < -0.39 is 0 Å². The lowest BCUT2D eigenvalue weighted by molar-refractivity contribution is 1.31. The van der Waals surface area contributed by atoms with Crippen LogP contribution >= 0.6 is 11.3 Å². The Morgan fingerprint density at radius 2 is 0.891 bits per heavy atom. The fourth-order valence-corrected chi connectivity index (χ4v) is 8.25. The molecular weight excluding hydrogens is 575 g/mol. The van der Waals surface area contributed by atoms with Gasteiger partial charge in [0.25, 0.3) is 0 Å². The van der Waals surface area contributed by atoms with Crippen molar-refractivity contribution >= 4 is 70.1 Å². The maximum atomic E-state index is 2.43. The fraction of sp³-hybridized carbons (Fsp3) is 0. The molecule has 0 saturated carbocycles. The Hall–Kier alpha value is -5.70. The number of rotatable bonds is 5. The average Bonchev–Trinajstić information content (AvgIpc) is 3.52. The number of hydrogen-bond acceptors (Lipinski definition) is 2. The molecule has 0 N–H and O–H groups in total. The Bertz CT molecular complexity index is 2510. The summed E-state index contributed by atoms with van der Waals surface area (Å²) in [5.41, 5.74) is 8.43. The molecule has 0 aliphatic carbocycles. The van der Waals surface area contributed by atoms with Crippen molar-refractivity contribution in [1.29, 1.82) is 0 Å². The SMILES string of the molecule is c1ccc(-c2c(-c3ccccc3)c3cc(N(c4ccccc4)c4cccc5c4sc4ccccc45)ccc3c3ccccc23)cc1. The lowest BCUT2D eigenvalue weighted by Gasteiger charge is -2.27. The molecule has 0 aliphatic heterocycles. The van der Waals surface area contributed by atoms with Gasteiger partial charge in [0.15, 0.2) is 0 Å². The van der Waals surface area contributed by atoms with Crippen LogP contribution in [0, 0.1) is 0 Å². The van der Waals surface area contributed by atoms with Gasteiger partial charge in [0, 0.05) is 26.8 Å². The molecule has 8 aromatic carbocycles. The van der Waals surface area contributed by atoms with E-state index in [-0.39, 0.29) is 0 Å². The van der Waals surface area contributed by atoms with Crippen LogP contribution in [-0.4, -0.2) is 0 Å². The molecule has 0 spiro atoms. The van der Waals surface area contributed by atoms with E-state index in [1.165, 1.54) is 69.7 Å². The zero-order valence-electron chi connectivity index (χ0n) is 25.1. The van der Waals surface area contributed by atoms with E-state index >= 15 is 0 Å². The summed E-state index contributed by atoms with van der Waals surface area (Å²) in [5, 5.41) is 7.63. The first kappa shape index (κ1) is 26.7. The summed E-state index contributed by atoms with van der Waals surface area (Å²) in [6.45, 7) is 0. The molecule has 0 bridgehead atoms. The van der Waals surface area contributed by atoms with Crippen LogP contribution in [0.15, 0.2) is 176 Å². The molecule has 9 rings (SSSR count). The van der Waals surface area contributed by atoms with Gasteiger partial charge in [-0.2, -0.15) is 0 Å². The molecule has 1 nitrogen and oxygen atoms in total. The molecule has 46 heavy (non-hydrogen) atoms. The maximum Gasteiger partial charge on any atom is 0.0640 e. The van der Waals surface area contributed by atoms with Crippen molar-refractivity contribution in [3.8, 4) is 22.3 Å². The number of nitrogens with zero attached hydrogens (tertiary/aromatic N) is 1.